The van der Waals surface area contributed by atoms with Crippen molar-refractivity contribution in [2.24, 2.45) is 0 Å². The second kappa shape index (κ2) is 13.7. The number of carbonyl (C=O) groups is 3. The predicted molar refractivity (Wildman–Crippen MR) is 158 cm³/mol. The van der Waals surface area contributed by atoms with Crippen molar-refractivity contribution >= 4 is 46.5 Å². The Bertz CT molecular complexity index is 1200. The van der Waals surface area contributed by atoms with Crippen molar-refractivity contribution < 1.29 is 23.9 Å². The predicted octanol–water partition coefficient (Wildman–Crippen LogP) is 2.84. The molecule has 1 atom stereocenters. The van der Waals surface area contributed by atoms with Gasteiger partial charge in [0.2, 0.25) is 5.91 Å². The number of hydrogen-bond donors (Lipinski definition) is 1. The lowest BCUT2D eigenvalue weighted by molar-refractivity contribution is -0.124. The van der Waals surface area contributed by atoms with E-state index in [4.69, 9.17) is 21.7 Å². The lowest BCUT2D eigenvalue weighted by atomic mass is 10.1. The minimum Gasteiger partial charge on any atom is -0.497 e. The number of piperazine rings is 1. The molecule has 40 heavy (non-hydrogen) atoms. The average Bonchev–Trinajstić information content (AvgIpc) is 3.18. The summed E-state index contributed by atoms with van der Waals surface area (Å²) in [6.45, 7) is 7.54. The molecule has 0 saturated carbocycles. The smallest absolute Gasteiger partial charge is 0.338 e. The fourth-order valence-corrected chi connectivity index (χ4v) is 5.30. The van der Waals surface area contributed by atoms with E-state index in [0.29, 0.717) is 34.3 Å². The SMILES string of the molecule is CCOC(=O)c1ccc(N2C(=O)C(CC(=O)Nc3ccc(OC)cc3)N(CCCN3CCN(C)CC3)C2=S)cc1. The molecule has 0 aromatic heterocycles. The fourth-order valence-electron chi connectivity index (χ4n) is 4.88. The zero-order valence-corrected chi connectivity index (χ0v) is 24.1. The Morgan fingerprint density at radius 2 is 1.68 bits per heavy atom. The van der Waals surface area contributed by atoms with Gasteiger partial charge in [0, 0.05) is 38.4 Å². The first-order chi connectivity index (χ1) is 19.3. The maximum atomic E-state index is 13.7. The zero-order valence-electron chi connectivity index (χ0n) is 23.3. The van der Waals surface area contributed by atoms with E-state index in [2.05, 4.69) is 22.2 Å². The fraction of sp³-hybridized carbons (Fsp3) is 0.448. The molecule has 2 aromatic carbocycles. The second-order valence-corrected chi connectivity index (χ2v) is 10.3. The van der Waals surface area contributed by atoms with Gasteiger partial charge in [0.1, 0.15) is 11.8 Å². The summed E-state index contributed by atoms with van der Waals surface area (Å²) in [6.07, 6.45) is 0.764. The van der Waals surface area contributed by atoms with Gasteiger partial charge in [-0.1, -0.05) is 0 Å². The van der Waals surface area contributed by atoms with E-state index < -0.39 is 12.0 Å². The Morgan fingerprint density at radius 3 is 2.30 bits per heavy atom. The highest BCUT2D eigenvalue weighted by molar-refractivity contribution is 7.80. The normalized spacial score (nSPS) is 18.2. The van der Waals surface area contributed by atoms with Crippen LogP contribution in [0, 0.1) is 0 Å². The third-order valence-corrected chi connectivity index (χ3v) is 7.59. The Kier molecular flexibility index (Phi) is 10.1. The van der Waals surface area contributed by atoms with Crippen LogP contribution in [-0.4, -0.2) is 104 Å². The number of nitrogens with one attached hydrogen (secondary N) is 1. The number of amides is 2. The molecule has 2 aromatic rings. The zero-order chi connectivity index (χ0) is 28.6. The first kappa shape index (κ1) is 29.4. The third kappa shape index (κ3) is 7.15. The Labute approximate surface area is 240 Å². The van der Waals surface area contributed by atoms with Crippen LogP contribution in [0.15, 0.2) is 48.5 Å². The van der Waals surface area contributed by atoms with Crippen LogP contribution in [0.25, 0.3) is 0 Å². The van der Waals surface area contributed by atoms with Crippen LogP contribution in [0.3, 0.4) is 0 Å². The van der Waals surface area contributed by atoms with Gasteiger partial charge >= 0.3 is 5.97 Å². The molecule has 1 unspecified atom stereocenters. The van der Waals surface area contributed by atoms with Crippen LogP contribution in [0.4, 0.5) is 11.4 Å². The molecule has 2 heterocycles. The summed E-state index contributed by atoms with van der Waals surface area (Å²) in [5, 5.41) is 3.23. The molecular weight excluding hydrogens is 530 g/mol. The minimum absolute atomic E-state index is 0.0447. The molecule has 2 aliphatic rings. The van der Waals surface area contributed by atoms with Gasteiger partial charge in [-0.15, -0.1) is 0 Å². The maximum Gasteiger partial charge on any atom is 0.338 e. The number of hydrogen-bond acceptors (Lipinski definition) is 8. The number of benzene rings is 2. The van der Waals surface area contributed by atoms with E-state index in [0.717, 1.165) is 39.1 Å². The highest BCUT2D eigenvalue weighted by Gasteiger charge is 2.44. The molecule has 0 bridgehead atoms. The number of anilines is 2. The van der Waals surface area contributed by atoms with Crippen LogP contribution >= 0.6 is 12.2 Å². The van der Waals surface area contributed by atoms with Crippen LogP contribution in [0.5, 0.6) is 5.75 Å². The summed E-state index contributed by atoms with van der Waals surface area (Å²) < 4.78 is 10.2. The van der Waals surface area contributed by atoms with E-state index >= 15 is 0 Å². The second-order valence-electron chi connectivity index (χ2n) is 9.91. The summed E-state index contributed by atoms with van der Waals surface area (Å²) in [5.41, 5.74) is 1.56. The monoisotopic (exact) mass is 567 g/mol. The molecule has 2 aliphatic heterocycles. The molecule has 2 saturated heterocycles. The minimum atomic E-state index is -0.733. The molecule has 4 rings (SSSR count). The van der Waals surface area contributed by atoms with Crippen molar-refractivity contribution in [2.45, 2.75) is 25.8 Å². The number of carbonyl (C=O) groups excluding carboxylic acids is 3. The molecule has 0 radical (unpaired) electrons. The van der Waals surface area contributed by atoms with Gasteiger partial charge in [-0.05, 0) is 87.7 Å². The first-order valence-electron chi connectivity index (χ1n) is 13.6. The van der Waals surface area contributed by atoms with Crippen molar-refractivity contribution in [3.8, 4) is 5.75 Å². The number of methoxy groups -OCH3 is 1. The maximum absolute atomic E-state index is 13.7. The molecule has 2 amide bonds. The number of likely N-dealkylation sites (N-methyl/N-ethyl adjacent to an activating group) is 1. The summed E-state index contributed by atoms with van der Waals surface area (Å²) in [4.78, 5) is 46.9. The van der Waals surface area contributed by atoms with Crippen molar-refractivity contribution in [3.05, 3.63) is 54.1 Å². The molecule has 10 nitrogen and oxygen atoms in total. The van der Waals surface area contributed by atoms with E-state index in [1.165, 1.54) is 4.90 Å². The summed E-state index contributed by atoms with van der Waals surface area (Å²) in [6, 6.07) is 12.9. The number of esters is 1. The van der Waals surface area contributed by atoms with Gasteiger partial charge in [-0.3, -0.25) is 14.5 Å². The molecule has 0 spiro atoms. The summed E-state index contributed by atoms with van der Waals surface area (Å²) in [5.74, 6) is -0.290. The van der Waals surface area contributed by atoms with E-state index in [1.54, 1.807) is 62.6 Å². The number of nitrogens with zero attached hydrogens (tertiary/aromatic N) is 4. The van der Waals surface area contributed by atoms with Crippen molar-refractivity contribution in [1.29, 1.82) is 0 Å². The standard InChI is InChI=1S/C29H37N5O5S/c1-4-39-28(37)21-6-10-23(11-7-21)34-27(36)25(20-26(35)30-22-8-12-24(38-3)13-9-22)33(29(34)40)15-5-14-32-18-16-31(2)17-19-32/h6-13,25H,4-5,14-20H2,1-3H3,(H,30,35). The van der Waals surface area contributed by atoms with Gasteiger partial charge < -0.3 is 29.5 Å². The average molecular weight is 568 g/mol. The Balaban J connectivity index is 1.48. The van der Waals surface area contributed by atoms with Crippen LogP contribution in [0.1, 0.15) is 30.1 Å². The first-order valence-corrected chi connectivity index (χ1v) is 14.0. The van der Waals surface area contributed by atoms with Crippen LogP contribution < -0.4 is 15.0 Å². The van der Waals surface area contributed by atoms with E-state index in [9.17, 15) is 14.4 Å². The van der Waals surface area contributed by atoms with Gasteiger partial charge in [-0.2, -0.15) is 0 Å². The lowest BCUT2D eigenvalue weighted by Gasteiger charge is -2.33. The Hall–Kier alpha value is -3.54. The van der Waals surface area contributed by atoms with Crippen molar-refractivity contribution in [1.82, 2.24) is 14.7 Å². The van der Waals surface area contributed by atoms with Gasteiger partial charge in [0.15, 0.2) is 5.11 Å². The molecule has 0 aliphatic carbocycles. The molecule has 2 fully saturated rings. The van der Waals surface area contributed by atoms with Gasteiger partial charge in [0.05, 0.1) is 31.4 Å². The van der Waals surface area contributed by atoms with Gasteiger partial charge in [0.25, 0.3) is 5.91 Å². The number of ether oxygens (including phenoxy) is 2. The third-order valence-electron chi connectivity index (χ3n) is 7.18. The summed E-state index contributed by atoms with van der Waals surface area (Å²) in [7, 11) is 3.71. The molecule has 214 valence electrons. The van der Waals surface area contributed by atoms with Crippen molar-refractivity contribution in [3.63, 3.8) is 0 Å². The quantitative estimate of drug-likeness (QED) is 0.325. The topological polar surface area (TPSA) is 94.7 Å². The van der Waals surface area contributed by atoms with Crippen LogP contribution in [0.2, 0.25) is 0 Å². The van der Waals surface area contributed by atoms with Crippen LogP contribution in [-0.2, 0) is 14.3 Å². The molecule has 1 N–H and O–H groups in total. The van der Waals surface area contributed by atoms with E-state index in [-0.39, 0.29) is 24.8 Å². The largest absolute Gasteiger partial charge is 0.497 e. The molecule has 11 heteroatoms. The number of rotatable bonds is 11. The summed E-state index contributed by atoms with van der Waals surface area (Å²) >= 11 is 5.79. The lowest BCUT2D eigenvalue weighted by Crippen LogP contribution is -2.45. The highest BCUT2D eigenvalue weighted by Crippen LogP contribution is 2.28. The number of thiocarbonyl (C=S) groups is 1. The van der Waals surface area contributed by atoms with Crippen molar-refractivity contribution in [2.75, 3.05) is 70.2 Å². The Morgan fingerprint density at radius 1 is 1.00 bits per heavy atom. The molecular formula is C29H37N5O5S. The highest BCUT2D eigenvalue weighted by atomic mass is 32.1. The van der Waals surface area contributed by atoms with Gasteiger partial charge in [-0.25, -0.2) is 4.79 Å². The van der Waals surface area contributed by atoms with E-state index in [1.807, 2.05) is 4.90 Å².